The fourth-order valence-electron chi connectivity index (χ4n) is 1.03. The summed E-state index contributed by atoms with van der Waals surface area (Å²) in [5.74, 6) is -1.17. The number of amides is 1. The topological polar surface area (TPSA) is 57.6 Å². The van der Waals surface area contributed by atoms with Gasteiger partial charge in [-0.2, -0.15) is 0 Å². The number of hydrogen-bond donors (Lipinski definition) is 1. The van der Waals surface area contributed by atoms with Crippen molar-refractivity contribution in [2.45, 2.75) is 6.42 Å². The molecule has 0 bridgehead atoms. The van der Waals surface area contributed by atoms with Gasteiger partial charge in [-0.3, -0.25) is 9.59 Å². The lowest BCUT2D eigenvalue weighted by atomic mass is 10.2. The van der Waals surface area contributed by atoms with Crippen LogP contribution in [0.3, 0.4) is 0 Å². The average Bonchev–Trinajstić information content (AvgIpc) is 2.46. The molecule has 1 amide bonds. The number of hydrogen-bond acceptors (Lipinski definition) is 3. The second kappa shape index (κ2) is 4.63. The molecule has 1 aromatic rings. The van der Waals surface area contributed by atoms with Gasteiger partial charge >= 0.3 is 5.97 Å². The fourth-order valence-corrected chi connectivity index (χ4v) is 2.33. The smallest absolute Gasteiger partial charge is 0.308 e. The van der Waals surface area contributed by atoms with Crippen LogP contribution in [0, 0.1) is 0 Å². The molecule has 0 radical (unpaired) electrons. The number of halogens is 1. The van der Waals surface area contributed by atoms with Gasteiger partial charge in [-0.15, -0.1) is 11.3 Å². The van der Waals surface area contributed by atoms with Crippen molar-refractivity contribution < 1.29 is 14.7 Å². The summed E-state index contributed by atoms with van der Waals surface area (Å²) in [6.45, 7) is 0. The number of rotatable bonds is 3. The van der Waals surface area contributed by atoms with E-state index in [0.29, 0.717) is 10.4 Å². The van der Waals surface area contributed by atoms with E-state index < -0.39 is 5.97 Å². The maximum Gasteiger partial charge on any atom is 0.308 e. The molecule has 6 heteroatoms. The minimum absolute atomic E-state index is 0.149. The summed E-state index contributed by atoms with van der Waals surface area (Å²) in [4.78, 5) is 24.0. The Labute approximate surface area is 96.1 Å². The molecule has 0 saturated heterocycles. The van der Waals surface area contributed by atoms with E-state index in [1.54, 1.807) is 19.5 Å². The van der Waals surface area contributed by atoms with Crippen LogP contribution in [-0.4, -0.2) is 36.0 Å². The molecule has 1 rings (SSSR count). The van der Waals surface area contributed by atoms with Gasteiger partial charge < -0.3 is 10.0 Å². The Kier molecular flexibility index (Phi) is 3.71. The molecule has 1 aromatic heterocycles. The van der Waals surface area contributed by atoms with E-state index in [4.69, 9.17) is 16.7 Å². The summed E-state index contributed by atoms with van der Waals surface area (Å²) < 4.78 is 0. The normalized spacial score (nSPS) is 10.1. The van der Waals surface area contributed by atoms with Gasteiger partial charge in [0.25, 0.3) is 5.91 Å². The Bertz CT molecular complexity index is 400. The Morgan fingerprint density at radius 3 is 2.60 bits per heavy atom. The number of carbonyl (C=O) groups excluding carboxylic acids is 1. The van der Waals surface area contributed by atoms with E-state index in [1.165, 1.54) is 16.2 Å². The second-order valence-corrected chi connectivity index (χ2v) is 4.50. The van der Waals surface area contributed by atoms with E-state index in [9.17, 15) is 9.59 Å². The van der Waals surface area contributed by atoms with Crippen LogP contribution in [0.4, 0.5) is 0 Å². The number of carboxylic acid groups (broad SMARTS) is 1. The second-order valence-electron chi connectivity index (χ2n) is 3.16. The minimum atomic E-state index is -0.956. The van der Waals surface area contributed by atoms with Crippen molar-refractivity contribution in [1.82, 2.24) is 4.90 Å². The fraction of sp³-hybridized carbons (Fsp3) is 0.333. The molecule has 1 N–H and O–H groups in total. The molecule has 0 saturated carbocycles. The molecular formula is C9H10ClNO3S. The van der Waals surface area contributed by atoms with Crippen molar-refractivity contribution >= 4 is 34.8 Å². The number of aliphatic carboxylic acids is 1. The molecule has 1 heterocycles. The predicted molar refractivity (Wildman–Crippen MR) is 58.7 cm³/mol. The summed E-state index contributed by atoms with van der Waals surface area (Å²) in [6, 6.07) is 0. The Balaban J connectivity index is 2.98. The third-order valence-electron chi connectivity index (χ3n) is 1.75. The largest absolute Gasteiger partial charge is 0.481 e. The summed E-state index contributed by atoms with van der Waals surface area (Å²) in [5, 5.41) is 10.4. The van der Waals surface area contributed by atoms with Crippen LogP contribution in [-0.2, 0) is 11.2 Å². The molecule has 0 atom stereocenters. The van der Waals surface area contributed by atoms with Gasteiger partial charge in [0.1, 0.15) is 0 Å². The first kappa shape index (κ1) is 12.0. The van der Waals surface area contributed by atoms with Crippen molar-refractivity contribution in [3.05, 3.63) is 20.8 Å². The molecule has 0 fully saturated rings. The molecule has 0 aliphatic carbocycles. The Hall–Kier alpha value is -1.07. The number of carboxylic acids is 1. The van der Waals surface area contributed by atoms with Gasteiger partial charge in [0, 0.05) is 24.4 Å². The van der Waals surface area contributed by atoms with E-state index in [0.717, 1.165) is 0 Å². The first-order valence-corrected chi connectivity index (χ1v) is 5.38. The summed E-state index contributed by atoms with van der Waals surface area (Å²) in [7, 11) is 3.24. The molecule has 0 aliphatic rings. The lowest BCUT2D eigenvalue weighted by molar-refractivity contribution is -0.136. The maximum atomic E-state index is 11.6. The van der Waals surface area contributed by atoms with Gasteiger partial charge in [-0.05, 0) is 0 Å². The number of carbonyl (C=O) groups is 2. The molecular weight excluding hydrogens is 238 g/mol. The Morgan fingerprint density at radius 2 is 2.13 bits per heavy atom. The quantitative estimate of drug-likeness (QED) is 0.885. The van der Waals surface area contributed by atoms with Crippen LogP contribution in [0.25, 0.3) is 0 Å². The van der Waals surface area contributed by atoms with Crippen molar-refractivity contribution in [3.8, 4) is 0 Å². The third kappa shape index (κ3) is 2.70. The molecule has 4 nitrogen and oxygen atoms in total. The molecule has 0 aromatic carbocycles. The molecule has 0 spiro atoms. The highest BCUT2D eigenvalue weighted by Crippen LogP contribution is 2.29. The molecule has 0 unspecified atom stereocenters. The van der Waals surface area contributed by atoms with E-state index in [1.807, 2.05) is 0 Å². The SMILES string of the molecule is CN(C)C(=O)c1csc(CC(=O)O)c1Cl. The van der Waals surface area contributed by atoms with Crippen molar-refractivity contribution in [1.29, 1.82) is 0 Å². The van der Waals surface area contributed by atoms with Crippen LogP contribution in [0.5, 0.6) is 0 Å². The molecule has 0 aliphatic heterocycles. The number of nitrogens with zero attached hydrogens (tertiary/aromatic N) is 1. The maximum absolute atomic E-state index is 11.6. The van der Waals surface area contributed by atoms with Crippen LogP contribution in [0.2, 0.25) is 5.02 Å². The standard InChI is InChI=1S/C9H10ClNO3S/c1-11(2)9(14)5-4-15-6(8(5)10)3-7(12)13/h4H,3H2,1-2H3,(H,12,13). The van der Waals surface area contributed by atoms with Crippen LogP contribution >= 0.6 is 22.9 Å². The van der Waals surface area contributed by atoms with Gasteiger partial charge in [-0.1, -0.05) is 11.6 Å². The van der Waals surface area contributed by atoms with Gasteiger partial charge in [0.15, 0.2) is 0 Å². The van der Waals surface area contributed by atoms with E-state index in [2.05, 4.69) is 0 Å². The lowest BCUT2D eigenvalue weighted by Gasteiger charge is -2.08. The third-order valence-corrected chi connectivity index (χ3v) is 3.28. The average molecular weight is 248 g/mol. The molecule has 82 valence electrons. The first-order valence-electron chi connectivity index (χ1n) is 4.12. The summed E-state index contributed by atoms with van der Waals surface area (Å²) in [5.41, 5.74) is 0.364. The van der Waals surface area contributed by atoms with Crippen molar-refractivity contribution in [3.63, 3.8) is 0 Å². The van der Waals surface area contributed by atoms with Gasteiger partial charge in [0.05, 0.1) is 17.0 Å². The minimum Gasteiger partial charge on any atom is -0.481 e. The monoisotopic (exact) mass is 247 g/mol. The number of thiophene rings is 1. The summed E-state index contributed by atoms with van der Waals surface area (Å²) >= 11 is 7.10. The summed E-state index contributed by atoms with van der Waals surface area (Å²) in [6.07, 6.45) is -0.149. The van der Waals surface area contributed by atoms with Crippen LogP contribution in [0.1, 0.15) is 15.2 Å². The Morgan fingerprint density at radius 1 is 1.53 bits per heavy atom. The van der Waals surface area contributed by atoms with Crippen LogP contribution in [0.15, 0.2) is 5.38 Å². The first-order chi connectivity index (χ1) is 6.93. The highest BCUT2D eigenvalue weighted by atomic mass is 35.5. The van der Waals surface area contributed by atoms with Crippen LogP contribution < -0.4 is 0 Å². The van der Waals surface area contributed by atoms with Gasteiger partial charge in [-0.25, -0.2) is 0 Å². The zero-order chi connectivity index (χ0) is 11.6. The highest BCUT2D eigenvalue weighted by Gasteiger charge is 2.18. The zero-order valence-corrected chi connectivity index (χ0v) is 9.85. The van der Waals surface area contributed by atoms with E-state index >= 15 is 0 Å². The van der Waals surface area contributed by atoms with Crippen molar-refractivity contribution in [2.75, 3.05) is 14.1 Å². The van der Waals surface area contributed by atoms with Gasteiger partial charge in [0.2, 0.25) is 0 Å². The highest BCUT2D eigenvalue weighted by molar-refractivity contribution is 7.11. The molecule has 15 heavy (non-hydrogen) atoms. The van der Waals surface area contributed by atoms with E-state index in [-0.39, 0.29) is 17.4 Å². The van der Waals surface area contributed by atoms with Crippen molar-refractivity contribution in [2.24, 2.45) is 0 Å². The predicted octanol–water partition coefficient (Wildman–Crippen LogP) is 1.73. The zero-order valence-electron chi connectivity index (χ0n) is 8.28. The lowest BCUT2D eigenvalue weighted by Crippen LogP contribution is -2.21.